The predicted octanol–water partition coefficient (Wildman–Crippen LogP) is 0.598. The number of nitrogens with zero attached hydrogens (tertiary/aromatic N) is 2. The Morgan fingerprint density at radius 2 is 1.75 bits per heavy atom. The van der Waals surface area contributed by atoms with Crippen molar-refractivity contribution in [2.75, 3.05) is 0 Å². The summed E-state index contributed by atoms with van der Waals surface area (Å²) in [5, 5.41) is 18.1. The fourth-order valence-electron chi connectivity index (χ4n) is 0.0250. The molecule has 0 unspecified atom stereocenters. The van der Waals surface area contributed by atoms with Crippen LogP contribution in [0.5, 0.6) is 0 Å². The molecule has 0 aliphatic heterocycles. The highest BCUT2D eigenvalue weighted by atomic mass is 32.1. The van der Waals surface area contributed by atoms with E-state index in [4.69, 9.17) is 10.5 Å². The molecule has 4 heteroatoms. The van der Waals surface area contributed by atoms with Gasteiger partial charge in [-0.15, -0.1) is 0 Å². The molecule has 0 aromatic carbocycles. The van der Waals surface area contributed by atoms with Crippen molar-refractivity contribution in [1.82, 2.24) is 5.32 Å². The third-order valence-electron chi connectivity index (χ3n) is 0.112. The predicted molar refractivity (Wildman–Crippen MR) is 33.5 cm³/mol. The molecule has 0 aromatic rings. The number of hydrogen-bond acceptors (Lipinski definition) is 4. The van der Waals surface area contributed by atoms with Gasteiger partial charge in [-0.05, 0) is 5.41 Å². The molecule has 0 radical (unpaired) electrons. The third-order valence-corrected chi connectivity index (χ3v) is 0.112. The summed E-state index contributed by atoms with van der Waals surface area (Å²) in [6.45, 7) is 3.23. The molecule has 0 amide bonds. The number of hydrogen-bond donors (Lipinski definition) is 2. The molecule has 0 aromatic heterocycles. The zero-order valence-corrected chi connectivity index (χ0v) is 5.02. The molecule has 0 fully saturated rings. The number of nitrogens with one attached hydrogen (secondary N) is 1. The average Bonchev–Trinajstić information content (AvgIpc) is 1.71. The fraction of sp³-hybridized carbons (Fsp3) is 0. The molecule has 0 bridgehead atoms. The van der Waals surface area contributed by atoms with Gasteiger partial charge < -0.3 is 0 Å². The Kier molecular flexibility index (Phi) is 21.1. The van der Waals surface area contributed by atoms with Crippen molar-refractivity contribution in [2.45, 2.75) is 0 Å². The van der Waals surface area contributed by atoms with Gasteiger partial charge in [0.1, 0.15) is 0 Å². The first-order chi connectivity index (χ1) is 3.83. The molecular formula is C4H5N3S. The van der Waals surface area contributed by atoms with Crippen LogP contribution in [0.3, 0.4) is 0 Å². The van der Waals surface area contributed by atoms with Crippen LogP contribution in [0, 0.1) is 22.9 Å². The monoisotopic (exact) mass is 127 g/mol. The summed E-state index contributed by atoms with van der Waals surface area (Å²) in [5.41, 5.74) is 0. The quantitative estimate of drug-likeness (QED) is 0.284. The highest BCUT2D eigenvalue weighted by Crippen LogP contribution is 1.58. The molecule has 0 aliphatic carbocycles. The molecule has 42 valence electrons. The van der Waals surface area contributed by atoms with Crippen LogP contribution in [-0.2, 0) is 0 Å². The molecule has 0 aliphatic rings. The Balaban J connectivity index is 0. The van der Waals surface area contributed by atoms with Gasteiger partial charge in [-0.3, -0.25) is 0 Å². The second-order valence-electron chi connectivity index (χ2n) is 0.531. The summed E-state index contributed by atoms with van der Waals surface area (Å²) < 4.78 is 0. The second kappa shape index (κ2) is 16.9. The van der Waals surface area contributed by atoms with E-state index >= 15 is 0 Å². The lowest BCUT2D eigenvalue weighted by atomic mass is 11.2. The molecule has 0 atom stereocenters. The van der Waals surface area contributed by atoms with Crippen LogP contribution < -0.4 is 5.32 Å². The molecule has 0 saturated heterocycles. The minimum atomic E-state index is 1.41. The SMILES string of the molecule is C=CS.N#CNC#N. The molecule has 0 spiro atoms. The van der Waals surface area contributed by atoms with Gasteiger partial charge in [-0.2, -0.15) is 23.2 Å². The first-order valence-corrected chi connectivity index (χ1v) is 2.13. The number of rotatable bonds is 0. The maximum Gasteiger partial charge on any atom is 0.190 e. The van der Waals surface area contributed by atoms with E-state index in [1.807, 2.05) is 0 Å². The van der Waals surface area contributed by atoms with Crippen LogP contribution in [0.25, 0.3) is 0 Å². The van der Waals surface area contributed by atoms with Crippen molar-refractivity contribution in [3.63, 3.8) is 0 Å². The normalized spacial score (nSPS) is 3.88. The zero-order chi connectivity index (χ0) is 6.83. The molecule has 0 saturated carbocycles. The van der Waals surface area contributed by atoms with E-state index in [9.17, 15) is 0 Å². The van der Waals surface area contributed by atoms with Crippen LogP contribution in [0.1, 0.15) is 0 Å². The molecule has 3 nitrogen and oxygen atoms in total. The summed E-state index contributed by atoms with van der Waals surface area (Å²) in [6.07, 6.45) is 2.81. The lowest BCUT2D eigenvalue weighted by Crippen LogP contribution is -1.88. The van der Waals surface area contributed by atoms with Crippen molar-refractivity contribution in [3.8, 4) is 12.4 Å². The van der Waals surface area contributed by atoms with Gasteiger partial charge in [0, 0.05) is 0 Å². The molecule has 0 heterocycles. The lowest BCUT2D eigenvalue weighted by Gasteiger charge is -1.56. The van der Waals surface area contributed by atoms with E-state index < -0.39 is 0 Å². The molecular weight excluding hydrogens is 122 g/mol. The van der Waals surface area contributed by atoms with E-state index in [0.29, 0.717) is 0 Å². The summed E-state index contributed by atoms with van der Waals surface area (Å²) in [6, 6.07) is 0. The van der Waals surface area contributed by atoms with Gasteiger partial charge in [-0.25, -0.2) is 5.32 Å². The largest absolute Gasteiger partial charge is 0.229 e. The Morgan fingerprint density at radius 1 is 1.50 bits per heavy atom. The summed E-state index contributed by atoms with van der Waals surface area (Å²) >= 11 is 3.55. The summed E-state index contributed by atoms with van der Waals surface area (Å²) in [7, 11) is 0. The van der Waals surface area contributed by atoms with Crippen molar-refractivity contribution in [2.24, 2.45) is 0 Å². The Bertz CT molecular complexity index is 106. The Labute approximate surface area is 53.6 Å². The average molecular weight is 127 g/mol. The molecule has 8 heavy (non-hydrogen) atoms. The highest BCUT2D eigenvalue weighted by Gasteiger charge is 1.53. The smallest absolute Gasteiger partial charge is 0.190 e. The standard InChI is InChI=1S/C2HN3.C2H4S/c3-1-5-2-4;1-2-3/h5H;2-3H,1H2. The van der Waals surface area contributed by atoms with Crippen LogP contribution in [0.2, 0.25) is 0 Å². The van der Waals surface area contributed by atoms with Crippen LogP contribution in [-0.4, -0.2) is 0 Å². The minimum absolute atomic E-state index is 1.41. The topological polar surface area (TPSA) is 59.6 Å². The van der Waals surface area contributed by atoms with Crippen molar-refractivity contribution in [3.05, 3.63) is 12.0 Å². The summed E-state index contributed by atoms with van der Waals surface area (Å²) in [4.78, 5) is 0. The van der Waals surface area contributed by atoms with Crippen LogP contribution in [0.15, 0.2) is 12.0 Å². The van der Waals surface area contributed by atoms with Crippen LogP contribution >= 0.6 is 12.6 Å². The van der Waals surface area contributed by atoms with Crippen molar-refractivity contribution >= 4 is 12.6 Å². The third kappa shape index (κ3) is 96.4. The Hall–Kier alpha value is -1.13. The van der Waals surface area contributed by atoms with Gasteiger partial charge >= 0.3 is 0 Å². The van der Waals surface area contributed by atoms with Gasteiger partial charge in [0.05, 0.1) is 0 Å². The fourth-order valence-corrected chi connectivity index (χ4v) is 0.0250. The zero-order valence-electron chi connectivity index (χ0n) is 4.13. The maximum absolute atomic E-state index is 7.48. The van der Waals surface area contributed by atoms with Crippen molar-refractivity contribution in [1.29, 1.82) is 10.5 Å². The molecule has 0 rings (SSSR count). The minimum Gasteiger partial charge on any atom is -0.229 e. The number of nitriles is 2. The van der Waals surface area contributed by atoms with Gasteiger partial charge in [0.25, 0.3) is 0 Å². The number of thiol groups is 1. The van der Waals surface area contributed by atoms with E-state index in [2.05, 4.69) is 19.2 Å². The van der Waals surface area contributed by atoms with Crippen LogP contribution in [0.4, 0.5) is 0 Å². The van der Waals surface area contributed by atoms with Gasteiger partial charge in [0.15, 0.2) is 12.4 Å². The summed E-state index contributed by atoms with van der Waals surface area (Å²) in [5.74, 6) is 0. The van der Waals surface area contributed by atoms with Gasteiger partial charge in [0.2, 0.25) is 0 Å². The molecule has 1 N–H and O–H groups in total. The maximum atomic E-state index is 7.48. The first kappa shape index (κ1) is 9.98. The van der Waals surface area contributed by atoms with Gasteiger partial charge in [-0.1, -0.05) is 6.58 Å². The Morgan fingerprint density at radius 3 is 1.75 bits per heavy atom. The lowest BCUT2D eigenvalue weighted by molar-refractivity contribution is 1.20. The van der Waals surface area contributed by atoms with E-state index in [1.54, 1.807) is 5.32 Å². The van der Waals surface area contributed by atoms with Crippen molar-refractivity contribution < 1.29 is 0 Å². The van der Waals surface area contributed by atoms with E-state index in [-0.39, 0.29) is 0 Å². The second-order valence-corrected chi connectivity index (χ2v) is 0.896. The van der Waals surface area contributed by atoms with E-state index in [0.717, 1.165) is 0 Å². The highest BCUT2D eigenvalue weighted by molar-refractivity contribution is 7.83. The first-order valence-electron chi connectivity index (χ1n) is 1.61. The van der Waals surface area contributed by atoms with E-state index in [1.165, 1.54) is 17.8 Å².